The van der Waals surface area contributed by atoms with Gasteiger partial charge in [-0.05, 0) is 37.1 Å². The number of nitrogens with zero attached hydrogens (tertiary/aromatic N) is 3. The van der Waals surface area contributed by atoms with Crippen LogP contribution < -0.4 is 20.3 Å². The third-order valence-electron chi connectivity index (χ3n) is 3.74. The van der Waals surface area contributed by atoms with Crippen LogP contribution in [-0.4, -0.2) is 49.9 Å². The van der Waals surface area contributed by atoms with Gasteiger partial charge in [-0.1, -0.05) is 6.92 Å². The second-order valence-electron chi connectivity index (χ2n) is 5.78. The van der Waals surface area contributed by atoms with Gasteiger partial charge in [0, 0.05) is 39.1 Å². The molecule has 1 heterocycles. The maximum absolute atomic E-state index is 12.8. The lowest BCUT2D eigenvalue weighted by molar-refractivity contribution is 0.197. The third-order valence-corrected chi connectivity index (χ3v) is 3.74. The van der Waals surface area contributed by atoms with Crippen LogP contribution >= 0.6 is 0 Å². The lowest BCUT2D eigenvalue weighted by Crippen LogP contribution is -2.37. The van der Waals surface area contributed by atoms with Crippen LogP contribution in [0.15, 0.2) is 36.5 Å². The van der Waals surface area contributed by atoms with Gasteiger partial charge in [-0.3, -0.25) is 0 Å². The molecule has 2 N–H and O–H groups in total. The summed E-state index contributed by atoms with van der Waals surface area (Å²) in [6.45, 7) is 3.93. The summed E-state index contributed by atoms with van der Waals surface area (Å²) in [5.74, 6) is 1.67. The fourth-order valence-electron chi connectivity index (χ4n) is 2.37. The van der Waals surface area contributed by atoms with E-state index in [1.54, 1.807) is 38.6 Å². The minimum Gasteiger partial charge on any atom is -0.497 e. The van der Waals surface area contributed by atoms with Crippen molar-refractivity contribution in [3.05, 3.63) is 36.5 Å². The molecule has 1 aromatic heterocycles. The van der Waals surface area contributed by atoms with Crippen LogP contribution in [0.2, 0.25) is 0 Å². The molecule has 0 atom stereocenters. The van der Waals surface area contributed by atoms with E-state index >= 15 is 0 Å². The molecule has 8 nitrogen and oxygen atoms in total. The third kappa shape index (κ3) is 6.10. The average Bonchev–Trinajstić information content (AvgIpc) is 2.71. The number of urea groups is 1. The number of nitrogens with one attached hydrogen (secondary N) is 2. The van der Waals surface area contributed by atoms with E-state index in [1.807, 2.05) is 19.1 Å². The van der Waals surface area contributed by atoms with Crippen LogP contribution in [-0.2, 0) is 4.74 Å². The van der Waals surface area contributed by atoms with E-state index in [9.17, 15) is 4.79 Å². The van der Waals surface area contributed by atoms with Crippen molar-refractivity contribution in [2.45, 2.75) is 19.8 Å². The van der Waals surface area contributed by atoms with Crippen LogP contribution in [0.4, 0.5) is 22.2 Å². The van der Waals surface area contributed by atoms with Crippen LogP contribution in [0.1, 0.15) is 19.8 Å². The van der Waals surface area contributed by atoms with E-state index in [4.69, 9.17) is 9.47 Å². The maximum Gasteiger partial charge on any atom is 0.327 e. The van der Waals surface area contributed by atoms with Crippen LogP contribution in [0.25, 0.3) is 0 Å². The van der Waals surface area contributed by atoms with Crippen molar-refractivity contribution in [2.24, 2.45) is 0 Å². The molecule has 2 aromatic rings. The van der Waals surface area contributed by atoms with Crippen molar-refractivity contribution >= 4 is 23.5 Å². The molecule has 0 fully saturated rings. The van der Waals surface area contributed by atoms with Crippen molar-refractivity contribution in [1.29, 1.82) is 0 Å². The zero-order valence-corrected chi connectivity index (χ0v) is 16.1. The quantitative estimate of drug-likeness (QED) is 0.622. The van der Waals surface area contributed by atoms with Crippen molar-refractivity contribution in [2.75, 3.05) is 44.1 Å². The van der Waals surface area contributed by atoms with E-state index in [1.165, 1.54) is 4.90 Å². The fraction of sp³-hybridized carbons (Fsp3) is 0.421. The molecular formula is C19H27N5O3. The number of benzene rings is 1. The van der Waals surface area contributed by atoms with Gasteiger partial charge in [0.05, 0.1) is 12.8 Å². The molecule has 0 radical (unpaired) electrons. The molecule has 0 bridgehead atoms. The molecule has 27 heavy (non-hydrogen) atoms. The minimum absolute atomic E-state index is 0.244. The van der Waals surface area contributed by atoms with Crippen molar-refractivity contribution in [1.82, 2.24) is 15.3 Å². The molecule has 2 rings (SSSR count). The second-order valence-corrected chi connectivity index (χ2v) is 5.78. The van der Waals surface area contributed by atoms with E-state index < -0.39 is 0 Å². The standard InChI is InChI=1S/C19H27N5O3/c1-4-11-22-19(25)24(15-6-8-16(27-3)9-7-15)17-10-13-21-18(23-17)20-12-5-14-26-2/h6-10,13H,4-5,11-12,14H2,1-3H3,(H,22,25)(H,20,21,23). The minimum atomic E-state index is -0.244. The Kier molecular flexibility index (Phi) is 8.31. The number of hydrogen-bond acceptors (Lipinski definition) is 6. The second kappa shape index (κ2) is 11.0. The highest BCUT2D eigenvalue weighted by Crippen LogP contribution is 2.26. The Hall–Kier alpha value is -2.87. The molecule has 8 heteroatoms. The Balaban J connectivity index is 2.25. The van der Waals surface area contributed by atoms with Gasteiger partial charge < -0.3 is 20.1 Å². The predicted octanol–water partition coefficient (Wildman–Crippen LogP) is 3.19. The fourth-order valence-corrected chi connectivity index (χ4v) is 2.37. The summed E-state index contributed by atoms with van der Waals surface area (Å²) in [4.78, 5) is 23.0. The summed E-state index contributed by atoms with van der Waals surface area (Å²) in [6.07, 6.45) is 3.31. The van der Waals surface area contributed by atoms with Gasteiger partial charge in [-0.2, -0.15) is 4.98 Å². The van der Waals surface area contributed by atoms with Gasteiger partial charge in [0.25, 0.3) is 0 Å². The largest absolute Gasteiger partial charge is 0.497 e. The van der Waals surface area contributed by atoms with E-state index in [0.717, 1.165) is 18.6 Å². The number of hydrogen-bond donors (Lipinski definition) is 2. The molecule has 0 unspecified atom stereocenters. The molecule has 0 aliphatic rings. The Labute approximate surface area is 159 Å². The van der Waals surface area contributed by atoms with E-state index in [-0.39, 0.29) is 6.03 Å². The number of carbonyl (C=O) groups is 1. The van der Waals surface area contributed by atoms with Crippen LogP contribution in [0.3, 0.4) is 0 Å². The molecule has 0 spiro atoms. The summed E-state index contributed by atoms with van der Waals surface area (Å²) in [5.41, 5.74) is 0.688. The Bertz CT molecular complexity index is 709. The van der Waals surface area contributed by atoms with Gasteiger partial charge in [0.2, 0.25) is 5.95 Å². The first-order valence-corrected chi connectivity index (χ1v) is 8.97. The Morgan fingerprint density at radius 3 is 2.59 bits per heavy atom. The first kappa shape index (κ1) is 20.4. The number of rotatable bonds is 10. The molecule has 0 aliphatic heterocycles. The van der Waals surface area contributed by atoms with Crippen molar-refractivity contribution in [3.8, 4) is 5.75 Å². The summed E-state index contributed by atoms with van der Waals surface area (Å²) < 4.78 is 10.2. The lowest BCUT2D eigenvalue weighted by Gasteiger charge is -2.22. The smallest absolute Gasteiger partial charge is 0.327 e. The normalized spacial score (nSPS) is 10.3. The SMILES string of the molecule is CCCNC(=O)N(c1ccc(OC)cc1)c1ccnc(NCCCOC)n1. The van der Waals surface area contributed by atoms with Crippen molar-refractivity contribution < 1.29 is 14.3 Å². The van der Waals surface area contributed by atoms with Gasteiger partial charge in [0.1, 0.15) is 11.6 Å². The van der Waals surface area contributed by atoms with Gasteiger partial charge in [-0.15, -0.1) is 0 Å². The van der Waals surface area contributed by atoms with Crippen LogP contribution in [0.5, 0.6) is 5.75 Å². The number of amides is 2. The highest BCUT2D eigenvalue weighted by Gasteiger charge is 2.19. The summed E-state index contributed by atoms with van der Waals surface area (Å²) in [6, 6.07) is 8.71. The zero-order valence-electron chi connectivity index (χ0n) is 16.1. The number of methoxy groups -OCH3 is 2. The number of anilines is 3. The summed E-state index contributed by atoms with van der Waals surface area (Å²) in [7, 11) is 3.27. The molecule has 2 amide bonds. The summed E-state index contributed by atoms with van der Waals surface area (Å²) >= 11 is 0. The Morgan fingerprint density at radius 1 is 1.15 bits per heavy atom. The predicted molar refractivity (Wildman–Crippen MR) is 106 cm³/mol. The average molecular weight is 373 g/mol. The maximum atomic E-state index is 12.8. The van der Waals surface area contributed by atoms with Gasteiger partial charge in [-0.25, -0.2) is 14.7 Å². The highest BCUT2D eigenvalue weighted by atomic mass is 16.5. The Morgan fingerprint density at radius 2 is 1.93 bits per heavy atom. The highest BCUT2D eigenvalue weighted by molar-refractivity contribution is 5.98. The molecular weight excluding hydrogens is 346 g/mol. The number of aromatic nitrogens is 2. The lowest BCUT2D eigenvalue weighted by atomic mass is 10.2. The zero-order chi connectivity index (χ0) is 19.5. The van der Waals surface area contributed by atoms with Gasteiger partial charge >= 0.3 is 6.03 Å². The number of carbonyl (C=O) groups excluding carboxylic acids is 1. The molecule has 146 valence electrons. The monoisotopic (exact) mass is 373 g/mol. The van der Waals surface area contributed by atoms with Crippen molar-refractivity contribution in [3.63, 3.8) is 0 Å². The summed E-state index contributed by atoms with van der Waals surface area (Å²) in [5, 5.41) is 6.04. The first-order valence-electron chi connectivity index (χ1n) is 8.97. The first-order chi connectivity index (χ1) is 13.2. The molecule has 1 aromatic carbocycles. The molecule has 0 saturated carbocycles. The van der Waals surface area contributed by atoms with E-state index in [2.05, 4.69) is 20.6 Å². The topological polar surface area (TPSA) is 88.6 Å². The van der Waals surface area contributed by atoms with E-state index in [0.29, 0.717) is 37.1 Å². The van der Waals surface area contributed by atoms with Crippen LogP contribution in [0, 0.1) is 0 Å². The van der Waals surface area contributed by atoms with Gasteiger partial charge in [0.15, 0.2) is 0 Å². The molecule has 0 saturated heterocycles. The molecule has 0 aliphatic carbocycles. The number of ether oxygens (including phenoxy) is 2.